The minimum atomic E-state index is -3.61. The van der Waals surface area contributed by atoms with Crippen molar-refractivity contribution in [2.24, 2.45) is 7.05 Å². The van der Waals surface area contributed by atoms with Crippen molar-refractivity contribution < 1.29 is 13.2 Å². The van der Waals surface area contributed by atoms with Gasteiger partial charge in [-0.2, -0.15) is 9.40 Å². The third-order valence-corrected chi connectivity index (χ3v) is 8.14. The number of likely N-dealkylation sites (N-methyl/N-ethyl adjacent to an activating group) is 1. The molecule has 2 aromatic rings. The number of aromatic nitrogens is 4. The summed E-state index contributed by atoms with van der Waals surface area (Å²) >= 11 is 0. The van der Waals surface area contributed by atoms with Gasteiger partial charge in [-0.15, -0.1) is 0 Å². The topological polar surface area (TPSA) is 113 Å². The molecule has 10 nitrogen and oxygen atoms in total. The number of sulfonamides is 1. The Bertz CT molecular complexity index is 1330. The van der Waals surface area contributed by atoms with Gasteiger partial charge in [0.2, 0.25) is 10.0 Å². The van der Waals surface area contributed by atoms with Gasteiger partial charge in [-0.3, -0.25) is 9.48 Å². The van der Waals surface area contributed by atoms with Gasteiger partial charge < -0.3 is 14.6 Å². The number of hydrogen-bond donors (Lipinski definition) is 1. The third-order valence-electron chi connectivity index (χ3n) is 6.13. The van der Waals surface area contributed by atoms with E-state index in [0.717, 1.165) is 12.1 Å². The Morgan fingerprint density at radius 3 is 2.53 bits per heavy atom. The largest absolute Gasteiger partial charge is 0.493 e. The fourth-order valence-electron chi connectivity index (χ4n) is 4.29. The molecule has 1 N–H and O–H groups in total. The van der Waals surface area contributed by atoms with E-state index in [0.29, 0.717) is 72.3 Å². The van der Waals surface area contributed by atoms with Crippen LogP contribution in [0.15, 0.2) is 33.7 Å². The van der Waals surface area contributed by atoms with Crippen molar-refractivity contribution in [1.29, 1.82) is 0 Å². The fourth-order valence-corrected chi connectivity index (χ4v) is 5.80. The highest BCUT2D eigenvalue weighted by atomic mass is 32.2. The van der Waals surface area contributed by atoms with Crippen LogP contribution in [0.4, 0.5) is 0 Å². The van der Waals surface area contributed by atoms with Crippen molar-refractivity contribution in [3.63, 3.8) is 0 Å². The normalized spacial score (nSPS) is 18.4. The van der Waals surface area contributed by atoms with E-state index in [-0.39, 0.29) is 12.0 Å². The highest BCUT2D eigenvalue weighted by molar-refractivity contribution is 7.93. The van der Waals surface area contributed by atoms with Gasteiger partial charge in [0.15, 0.2) is 5.52 Å². The number of piperazine rings is 1. The van der Waals surface area contributed by atoms with Crippen molar-refractivity contribution in [2.45, 2.75) is 33.1 Å². The standard InChI is InChI=1S/C23H32N6O4S/c1-5-7-18-20-21(28(4)26-18)23(30)25-22(24-20)17-10-8-16(9-11-19(17)33-6-2)34(31,32)29-14-12-27(3)13-15-29/h9-11H,5-8,12-15H2,1-4H3,(H,24,25,30). The molecule has 1 aliphatic carbocycles. The number of fused-ring (bicyclic) bond motifs is 1. The minimum Gasteiger partial charge on any atom is -0.493 e. The first-order valence-corrected chi connectivity index (χ1v) is 13.1. The second-order valence-corrected chi connectivity index (χ2v) is 10.5. The summed E-state index contributed by atoms with van der Waals surface area (Å²) < 4.78 is 35.5. The highest BCUT2D eigenvalue weighted by Crippen LogP contribution is 2.30. The number of hydrogen-bond acceptors (Lipinski definition) is 7. The molecule has 3 heterocycles. The predicted octanol–water partition coefficient (Wildman–Crippen LogP) is 1.78. The Kier molecular flexibility index (Phi) is 7.06. The van der Waals surface area contributed by atoms with Crippen LogP contribution in [0, 0.1) is 0 Å². The summed E-state index contributed by atoms with van der Waals surface area (Å²) in [5, 5.41) is 4.47. The predicted molar refractivity (Wildman–Crippen MR) is 132 cm³/mol. The number of aromatic amines is 1. The van der Waals surface area contributed by atoms with Crippen molar-refractivity contribution in [2.75, 3.05) is 39.8 Å². The quantitative estimate of drug-likeness (QED) is 0.632. The van der Waals surface area contributed by atoms with Gasteiger partial charge >= 0.3 is 0 Å². The molecule has 0 radical (unpaired) electrons. The van der Waals surface area contributed by atoms with Crippen LogP contribution in [0.5, 0.6) is 0 Å². The van der Waals surface area contributed by atoms with Crippen LogP contribution in [-0.4, -0.2) is 77.2 Å². The second-order valence-electron chi connectivity index (χ2n) is 8.56. The Morgan fingerprint density at radius 1 is 1.12 bits per heavy atom. The van der Waals surface area contributed by atoms with Gasteiger partial charge in [0.25, 0.3) is 5.56 Å². The fraction of sp³-hybridized carbons (Fsp3) is 0.522. The van der Waals surface area contributed by atoms with Gasteiger partial charge in [0, 0.05) is 39.6 Å². The van der Waals surface area contributed by atoms with Gasteiger partial charge in [0.05, 0.1) is 22.8 Å². The van der Waals surface area contributed by atoms with Crippen molar-refractivity contribution in [1.82, 2.24) is 29.0 Å². The molecule has 1 fully saturated rings. The van der Waals surface area contributed by atoms with E-state index < -0.39 is 10.0 Å². The number of ether oxygens (including phenoxy) is 1. The maximum atomic E-state index is 13.3. The van der Waals surface area contributed by atoms with Gasteiger partial charge in [-0.25, -0.2) is 13.4 Å². The number of nitrogens with one attached hydrogen (secondary N) is 1. The molecule has 34 heavy (non-hydrogen) atoms. The van der Waals surface area contributed by atoms with Gasteiger partial charge in [0.1, 0.15) is 17.1 Å². The lowest BCUT2D eigenvalue weighted by molar-refractivity contribution is 0.223. The zero-order valence-corrected chi connectivity index (χ0v) is 21.0. The molecular weight excluding hydrogens is 456 g/mol. The number of rotatable bonds is 7. The van der Waals surface area contributed by atoms with E-state index in [2.05, 4.69) is 15.0 Å². The summed E-state index contributed by atoms with van der Waals surface area (Å²) in [7, 11) is 0.104. The maximum absolute atomic E-state index is 13.3. The number of allylic oxidation sites excluding steroid dienone is 5. The molecule has 0 unspecified atom stereocenters. The van der Waals surface area contributed by atoms with Gasteiger partial charge in [-0.1, -0.05) is 19.4 Å². The number of nitrogens with zero attached hydrogens (tertiary/aromatic N) is 5. The van der Waals surface area contributed by atoms with E-state index in [1.54, 1.807) is 30.0 Å². The summed E-state index contributed by atoms with van der Waals surface area (Å²) in [6.45, 7) is 6.61. The minimum absolute atomic E-state index is 0.174. The number of H-pyrrole nitrogens is 1. The summed E-state index contributed by atoms with van der Waals surface area (Å²) in [6.07, 6.45) is 6.79. The summed E-state index contributed by atoms with van der Waals surface area (Å²) in [4.78, 5) is 22.9. The molecule has 0 saturated carbocycles. The Balaban J connectivity index is 1.74. The second kappa shape index (κ2) is 9.85. The van der Waals surface area contributed by atoms with Crippen LogP contribution in [-0.2, 0) is 28.2 Å². The first-order chi connectivity index (χ1) is 16.3. The Labute approximate surface area is 199 Å². The highest BCUT2D eigenvalue weighted by Gasteiger charge is 2.30. The maximum Gasteiger partial charge on any atom is 0.277 e. The summed E-state index contributed by atoms with van der Waals surface area (Å²) in [5.41, 5.74) is 2.01. The molecule has 11 heteroatoms. The number of aryl methyl sites for hydroxylation is 2. The zero-order valence-electron chi connectivity index (χ0n) is 20.2. The van der Waals surface area contributed by atoms with Crippen molar-refractivity contribution in [3.05, 3.63) is 50.8 Å². The molecule has 2 aromatic heterocycles. The third kappa shape index (κ3) is 4.59. The lowest BCUT2D eigenvalue weighted by atomic mass is 10.1. The molecule has 1 saturated heterocycles. The van der Waals surface area contributed by atoms with E-state index >= 15 is 0 Å². The van der Waals surface area contributed by atoms with Gasteiger partial charge in [-0.05, 0) is 32.5 Å². The molecule has 0 aromatic carbocycles. The van der Waals surface area contributed by atoms with Crippen LogP contribution >= 0.6 is 0 Å². The van der Waals surface area contributed by atoms with Crippen LogP contribution < -0.4 is 5.56 Å². The van der Waals surface area contributed by atoms with Crippen molar-refractivity contribution in [3.8, 4) is 0 Å². The van der Waals surface area contributed by atoms with E-state index in [9.17, 15) is 13.2 Å². The first kappa shape index (κ1) is 24.4. The molecule has 184 valence electrons. The van der Waals surface area contributed by atoms with Crippen LogP contribution in [0.1, 0.15) is 38.2 Å². The molecule has 4 rings (SSSR count). The van der Waals surface area contributed by atoms with E-state index in [1.807, 2.05) is 20.9 Å². The lowest BCUT2D eigenvalue weighted by Crippen LogP contribution is -2.47. The molecule has 2 aliphatic rings. The average Bonchev–Trinajstić information content (AvgIpc) is 2.97. The molecule has 0 atom stereocenters. The SMILES string of the molecule is CCCc1nn(C)c2c(=O)[nH]c(C3=CCC(S(=O)(=O)N4CCN(C)CC4)=CC=C3OCC)nc12. The van der Waals surface area contributed by atoms with Crippen molar-refractivity contribution >= 4 is 26.6 Å². The molecule has 0 bridgehead atoms. The first-order valence-electron chi connectivity index (χ1n) is 11.6. The monoisotopic (exact) mass is 488 g/mol. The van der Waals surface area contributed by atoms with Crippen LogP contribution in [0.25, 0.3) is 16.6 Å². The molecule has 0 spiro atoms. The molecule has 0 amide bonds. The lowest BCUT2D eigenvalue weighted by Gasteiger charge is -2.32. The zero-order chi connectivity index (χ0) is 24.5. The smallest absolute Gasteiger partial charge is 0.277 e. The van der Waals surface area contributed by atoms with E-state index in [1.165, 1.54) is 4.31 Å². The van der Waals surface area contributed by atoms with E-state index in [4.69, 9.17) is 9.72 Å². The Hall–Kier alpha value is -2.76. The van der Waals surface area contributed by atoms with Crippen LogP contribution in [0.2, 0.25) is 0 Å². The molecule has 1 aliphatic heterocycles. The Morgan fingerprint density at radius 2 is 1.85 bits per heavy atom. The molecular formula is C23H32N6O4S. The summed E-state index contributed by atoms with van der Waals surface area (Å²) in [6, 6.07) is 0. The average molecular weight is 489 g/mol. The summed E-state index contributed by atoms with van der Waals surface area (Å²) in [5.74, 6) is 0.809. The van der Waals surface area contributed by atoms with Crippen LogP contribution in [0.3, 0.4) is 0 Å².